The van der Waals surface area contributed by atoms with Crippen molar-refractivity contribution < 1.29 is 57.4 Å². The quantitative estimate of drug-likeness (QED) is 0.0225. The number of primary amides is 2. The molecule has 8 amide bonds. The third-order valence-electron chi connectivity index (χ3n) is 12.7. The SMILES string of the molecule is CCn1nc(C)cc1C(=O)Nc1nc2cc(C(N)=O)cc(OC)c2n1C/C=C/Cn1c(NC(=O)c2cc(C)nn2CC)nc2cc(C(N)=O)cc(OCCCN(C)C(=O)[C@H](CCC(=O)OC)NC(=O)CCN3C(=O)C=CC3=O)c21. The molecule has 1 atom stereocenters. The summed E-state index contributed by atoms with van der Waals surface area (Å²) in [4.78, 5) is 127. The number of imidazole rings is 2. The molecule has 0 bridgehead atoms. The number of carbonyl (C=O) groups is 9. The average Bonchev–Trinajstić information content (AvgIpc) is 4.33. The molecule has 4 aromatic heterocycles. The number of nitrogens with one attached hydrogen (secondary N) is 3. The molecule has 27 nitrogen and oxygen atoms in total. The van der Waals surface area contributed by atoms with E-state index < -0.39 is 59.3 Å². The molecule has 0 fully saturated rings. The highest BCUT2D eigenvalue weighted by Crippen LogP contribution is 2.33. The van der Waals surface area contributed by atoms with Gasteiger partial charge in [-0.05, 0) is 76.9 Å². The van der Waals surface area contributed by atoms with Crippen LogP contribution >= 0.6 is 0 Å². The van der Waals surface area contributed by atoms with Gasteiger partial charge in [0.25, 0.3) is 23.6 Å². The lowest BCUT2D eigenvalue weighted by Gasteiger charge is -2.25. The first kappa shape index (κ1) is 57.0. The maximum atomic E-state index is 14.0. The maximum absolute atomic E-state index is 14.0. The Morgan fingerprint density at radius 3 is 1.71 bits per heavy atom. The van der Waals surface area contributed by atoms with Crippen molar-refractivity contribution in [3.8, 4) is 11.5 Å². The topological polar surface area (TPSA) is 347 Å². The second kappa shape index (κ2) is 25.0. The number of nitrogens with two attached hydrogens (primary N) is 2. The fourth-order valence-corrected chi connectivity index (χ4v) is 8.80. The number of allylic oxidation sites excluding steroid dienone is 2. The van der Waals surface area contributed by atoms with E-state index in [0.717, 1.165) is 17.1 Å². The number of aryl methyl sites for hydroxylation is 4. The average molecular weight is 1090 g/mol. The Morgan fingerprint density at radius 2 is 1.23 bits per heavy atom. The number of methoxy groups -OCH3 is 2. The van der Waals surface area contributed by atoms with Crippen LogP contribution in [0.5, 0.6) is 11.5 Å². The van der Waals surface area contributed by atoms with Crippen molar-refractivity contribution >= 4 is 87.2 Å². The molecule has 79 heavy (non-hydrogen) atoms. The second-order valence-corrected chi connectivity index (χ2v) is 18.2. The fraction of sp³-hybridized carbons (Fsp3) is 0.365. The van der Waals surface area contributed by atoms with Crippen LogP contribution in [0, 0.1) is 13.8 Å². The Kier molecular flexibility index (Phi) is 18.0. The molecular formula is C52H61N15O12. The molecule has 0 saturated heterocycles. The molecule has 416 valence electrons. The van der Waals surface area contributed by atoms with Crippen LogP contribution in [0.25, 0.3) is 22.1 Å². The Balaban J connectivity index is 1.17. The van der Waals surface area contributed by atoms with Crippen molar-refractivity contribution in [3.05, 3.63) is 94.6 Å². The number of likely N-dealkylation sites (N-methyl/N-ethyl adjacent to an activating group) is 1. The number of carbonyl (C=O) groups excluding carboxylic acids is 9. The normalized spacial score (nSPS) is 12.6. The van der Waals surface area contributed by atoms with E-state index >= 15 is 0 Å². The van der Waals surface area contributed by atoms with E-state index in [9.17, 15) is 43.2 Å². The highest BCUT2D eigenvalue weighted by Gasteiger charge is 2.29. The van der Waals surface area contributed by atoms with Crippen LogP contribution in [0.15, 0.2) is 60.7 Å². The van der Waals surface area contributed by atoms with Gasteiger partial charge < -0.3 is 45.0 Å². The highest BCUT2D eigenvalue weighted by molar-refractivity contribution is 6.13. The largest absolute Gasteiger partial charge is 0.494 e. The predicted molar refractivity (Wildman–Crippen MR) is 285 cm³/mol. The summed E-state index contributed by atoms with van der Waals surface area (Å²) in [5.41, 5.74) is 14.7. The van der Waals surface area contributed by atoms with Crippen LogP contribution in [0.4, 0.5) is 11.9 Å². The summed E-state index contributed by atoms with van der Waals surface area (Å²) in [7, 11) is 4.12. The third-order valence-corrected chi connectivity index (χ3v) is 12.7. The molecule has 27 heteroatoms. The van der Waals surface area contributed by atoms with Gasteiger partial charge in [-0.25, -0.2) is 9.97 Å². The van der Waals surface area contributed by atoms with Gasteiger partial charge in [0.2, 0.25) is 35.5 Å². The summed E-state index contributed by atoms with van der Waals surface area (Å²) >= 11 is 0. The molecular weight excluding hydrogens is 1030 g/mol. The number of aromatic nitrogens is 8. The fourth-order valence-electron chi connectivity index (χ4n) is 8.80. The molecule has 0 spiro atoms. The molecule has 0 aliphatic carbocycles. The summed E-state index contributed by atoms with van der Waals surface area (Å²) < 4.78 is 23.2. The van der Waals surface area contributed by atoms with Crippen molar-refractivity contribution in [1.82, 2.24) is 53.8 Å². The maximum Gasteiger partial charge on any atom is 0.305 e. The van der Waals surface area contributed by atoms with Gasteiger partial charge in [-0.1, -0.05) is 12.2 Å². The van der Waals surface area contributed by atoms with Crippen molar-refractivity contribution in [2.75, 3.05) is 51.6 Å². The lowest BCUT2D eigenvalue weighted by atomic mass is 10.1. The number of imide groups is 1. The van der Waals surface area contributed by atoms with E-state index in [-0.39, 0.29) is 104 Å². The van der Waals surface area contributed by atoms with E-state index in [4.69, 9.17) is 30.7 Å². The molecule has 0 radical (unpaired) electrons. The number of anilines is 2. The number of hydrogen-bond acceptors (Lipinski definition) is 16. The minimum Gasteiger partial charge on any atom is -0.494 e. The van der Waals surface area contributed by atoms with Gasteiger partial charge in [0.05, 0.1) is 43.2 Å². The molecule has 7 rings (SSSR count). The van der Waals surface area contributed by atoms with E-state index in [1.807, 2.05) is 13.8 Å². The van der Waals surface area contributed by atoms with E-state index in [1.54, 1.807) is 51.9 Å². The first-order valence-electron chi connectivity index (χ1n) is 25.1. The molecule has 0 saturated carbocycles. The number of fused-ring (bicyclic) bond motifs is 2. The lowest BCUT2D eigenvalue weighted by molar-refractivity contribution is -0.142. The van der Waals surface area contributed by atoms with Gasteiger partial charge in [0.1, 0.15) is 40.0 Å². The van der Waals surface area contributed by atoms with Crippen molar-refractivity contribution in [1.29, 1.82) is 0 Å². The summed E-state index contributed by atoms with van der Waals surface area (Å²) in [5.74, 6) is -4.87. The second-order valence-electron chi connectivity index (χ2n) is 18.2. The summed E-state index contributed by atoms with van der Waals surface area (Å²) in [5, 5.41) is 17.2. The Hall–Kier alpha value is -9.69. The number of rotatable bonds is 26. The highest BCUT2D eigenvalue weighted by atomic mass is 16.5. The number of ether oxygens (including phenoxy) is 3. The van der Waals surface area contributed by atoms with Gasteiger partial charge in [-0.15, -0.1) is 0 Å². The lowest BCUT2D eigenvalue weighted by Crippen LogP contribution is -2.48. The zero-order chi connectivity index (χ0) is 57.2. The minimum absolute atomic E-state index is 0.0220. The van der Waals surface area contributed by atoms with Gasteiger partial charge in [0, 0.05) is 82.4 Å². The van der Waals surface area contributed by atoms with Crippen LogP contribution in [-0.2, 0) is 54.9 Å². The standard InChI is InChI=1S/C52H61N15O12/c1-8-66-36(23-29(3)60-66)48(74)58-51-56-34-25-31(46(53)72)27-38(77-6)44(34)64(51)19-10-11-20-65-45-35(57-52(65)59-49(75)37-24-30(4)61-67(37)9-2)26-32(47(54)73)28-39(45)79-22-12-18-62(5)50(76)33(13-16-43(71)78-7)55-40(68)17-21-63-41(69)14-15-42(63)70/h10-11,14-15,23-28,33H,8-9,12-13,16-22H2,1-7H3,(H2,53,72)(H2,54,73)(H,55,68)(H,56,58,74)(H,57,59,75)/b11-10+/t33-/m0/s1. The summed E-state index contributed by atoms with van der Waals surface area (Å²) in [6, 6.07) is 7.97. The molecule has 1 aliphatic rings. The number of benzene rings is 2. The van der Waals surface area contributed by atoms with Crippen LogP contribution in [0.3, 0.4) is 0 Å². The summed E-state index contributed by atoms with van der Waals surface area (Å²) in [6.45, 7) is 7.96. The van der Waals surface area contributed by atoms with E-state index in [1.165, 1.54) is 55.1 Å². The van der Waals surface area contributed by atoms with Gasteiger partial charge in [-0.3, -0.25) is 68.0 Å². The molecule has 6 aromatic rings. The Morgan fingerprint density at radius 1 is 0.722 bits per heavy atom. The van der Waals surface area contributed by atoms with Crippen LogP contribution in [0.1, 0.15) is 92.6 Å². The zero-order valence-corrected chi connectivity index (χ0v) is 44.7. The Labute approximate surface area is 451 Å². The number of amides is 8. The van der Waals surface area contributed by atoms with Gasteiger partial charge in [0.15, 0.2) is 0 Å². The Bertz CT molecular complexity index is 3440. The van der Waals surface area contributed by atoms with Crippen LogP contribution in [0.2, 0.25) is 0 Å². The van der Waals surface area contributed by atoms with Crippen LogP contribution in [-0.4, -0.2) is 149 Å². The minimum atomic E-state index is -1.17. The smallest absolute Gasteiger partial charge is 0.305 e. The first-order valence-corrected chi connectivity index (χ1v) is 25.1. The van der Waals surface area contributed by atoms with Crippen molar-refractivity contribution in [3.63, 3.8) is 0 Å². The predicted octanol–water partition coefficient (Wildman–Crippen LogP) is 2.38. The van der Waals surface area contributed by atoms with Gasteiger partial charge in [-0.2, -0.15) is 10.2 Å². The van der Waals surface area contributed by atoms with Gasteiger partial charge >= 0.3 is 5.97 Å². The third kappa shape index (κ3) is 13.1. The monoisotopic (exact) mass is 1090 g/mol. The van der Waals surface area contributed by atoms with Crippen molar-refractivity contribution in [2.45, 2.75) is 85.6 Å². The summed E-state index contributed by atoms with van der Waals surface area (Å²) in [6.07, 6.45) is 5.33. The number of nitrogens with zero attached hydrogens (tertiary/aromatic N) is 10. The molecule has 7 N–H and O–H groups in total. The van der Waals surface area contributed by atoms with Crippen molar-refractivity contribution in [2.24, 2.45) is 11.5 Å². The van der Waals surface area contributed by atoms with Crippen LogP contribution < -0.4 is 36.9 Å². The molecule has 0 unspecified atom stereocenters. The molecule has 1 aliphatic heterocycles. The number of hydrogen-bond donors (Lipinski definition) is 5. The van der Waals surface area contributed by atoms with E-state index in [0.29, 0.717) is 46.7 Å². The zero-order valence-electron chi connectivity index (χ0n) is 44.7. The first-order chi connectivity index (χ1) is 37.7. The van der Waals surface area contributed by atoms with E-state index in [2.05, 4.69) is 31.1 Å². The molecule has 2 aromatic carbocycles. The number of esters is 1. The molecule has 5 heterocycles.